The lowest BCUT2D eigenvalue weighted by atomic mass is 9.98. The van der Waals surface area contributed by atoms with E-state index in [0.29, 0.717) is 16.7 Å². The molecule has 0 aliphatic carbocycles. The molecular weight excluding hydrogens is 362 g/mol. The maximum atomic E-state index is 12.5. The molecule has 0 unspecified atom stereocenters. The average molecular weight is 384 g/mol. The Morgan fingerprint density at radius 1 is 1.04 bits per heavy atom. The third-order valence-corrected chi connectivity index (χ3v) is 5.31. The average Bonchev–Trinajstić information content (AvgIpc) is 2.92. The van der Waals surface area contributed by atoms with Gasteiger partial charge in [0.25, 0.3) is 0 Å². The Morgan fingerprint density at radius 3 is 2.25 bits per heavy atom. The van der Waals surface area contributed by atoms with E-state index in [9.17, 15) is 19.5 Å². The van der Waals surface area contributed by atoms with Gasteiger partial charge in [0.15, 0.2) is 0 Å². The summed E-state index contributed by atoms with van der Waals surface area (Å²) in [6.45, 7) is 9.04. The molecule has 0 saturated heterocycles. The lowest BCUT2D eigenvalue weighted by Gasteiger charge is -2.18. The van der Waals surface area contributed by atoms with Gasteiger partial charge in [-0.15, -0.1) is 0 Å². The monoisotopic (exact) mass is 384 g/mol. The number of carbonyl (C=O) groups is 2. The fraction of sp³-hybridized carbons (Fsp3) is 0.381. The van der Waals surface area contributed by atoms with E-state index in [1.54, 1.807) is 13.8 Å². The van der Waals surface area contributed by atoms with Crippen molar-refractivity contribution in [3.63, 3.8) is 0 Å². The Bertz CT molecular complexity index is 1170. The summed E-state index contributed by atoms with van der Waals surface area (Å²) in [5, 5.41) is 15.0. The molecule has 0 radical (unpaired) electrons. The van der Waals surface area contributed by atoms with Crippen LogP contribution in [0.15, 0.2) is 19.7 Å². The molecule has 1 N–H and O–H groups in total. The van der Waals surface area contributed by atoms with Gasteiger partial charge in [0.05, 0.1) is 24.0 Å². The molecule has 0 fully saturated rings. The summed E-state index contributed by atoms with van der Waals surface area (Å²) in [7, 11) is 0. The quantitative estimate of drug-likeness (QED) is 0.673. The third kappa shape index (κ3) is 3.17. The second-order valence-corrected chi connectivity index (χ2v) is 7.06. The molecule has 0 aliphatic rings. The molecule has 0 spiro atoms. The van der Waals surface area contributed by atoms with E-state index < -0.39 is 23.5 Å². The number of fused-ring (bicyclic) bond motifs is 2. The number of hydrogen-bond donors (Lipinski definition) is 1. The van der Waals surface area contributed by atoms with Crippen LogP contribution in [0, 0.1) is 27.7 Å². The predicted molar refractivity (Wildman–Crippen MR) is 102 cm³/mol. The number of carboxylic acids is 1. The van der Waals surface area contributed by atoms with Crippen molar-refractivity contribution in [2.24, 2.45) is 0 Å². The van der Waals surface area contributed by atoms with Crippen LogP contribution in [0.4, 0.5) is 0 Å². The maximum Gasteiger partial charge on any atom is 0.340 e. The fourth-order valence-electron chi connectivity index (χ4n) is 3.43. The van der Waals surface area contributed by atoms with Crippen molar-refractivity contribution in [3.8, 4) is 0 Å². The molecular formula is C21H22NO6-. The first-order valence-electron chi connectivity index (χ1n) is 9.11. The van der Waals surface area contributed by atoms with E-state index in [1.807, 2.05) is 26.8 Å². The molecule has 148 valence electrons. The highest BCUT2D eigenvalue weighted by Gasteiger charge is 2.21. The molecule has 3 aromatic rings. The zero-order valence-corrected chi connectivity index (χ0v) is 16.5. The Kier molecular flexibility index (Phi) is 5.02. The molecule has 3 rings (SSSR count). The topological polar surface area (TPSA) is 113 Å². The molecule has 0 bridgehead atoms. The Hall–Kier alpha value is -3.09. The first kappa shape index (κ1) is 19.7. The number of aliphatic carboxylic acids is 1. The summed E-state index contributed by atoms with van der Waals surface area (Å²) in [6, 6.07) is 0.804. The second kappa shape index (κ2) is 7.14. The van der Waals surface area contributed by atoms with Gasteiger partial charge in [-0.1, -0.05) is 6.92 Å². The van der Waals surface area contributed by atoms with Gasteiger partial charge in [-0.05, 0) is 51.3 Å². The van der Waals surface area contributed by atoms with E-state index in [-0.39, 0.29) is 18.4 Å². The van der Waals surface area contributed by atoms with E-state index in [1.165, 1.54) is 0 Å². The van der Waals surface area contributed by atoms with Gasteiger partial charge in [0.2, 0.25) is 5.91 Å². The number of rotatable bonds is 5. The maximum absolute atomic E-state index is 12.5. The van der Waals surface area contributed by atoms with Gasteiger partial charge >= 0.3 is 5.63 Å². The van der Waals surface area contributed by atoms with Gasteiger partial charge in [-0.3, -0.25) is 4.79 Å². The molecule has 7 nitrogen and oxygen atoms in total. The van der Waals surface area contributed by atoms with Crippen LogP contribution >= 0.6 is 0 Å². The number of amides is 1. The van der Waals surface area contributed by atoms with Gasteiger partial charge in [-0.25, -0.2) is 4.79 Å². The lowest BCUT2D eigenvalue weighted by Crippen LogP contribution is -2.48. The summed E-state index contributed by atoms with van der Waals surface area (Å²) in [6.07, 6.45) is -0.0793. The first-order valence-corrected chi connectivity index (χ1v) is 9.11. The minimum absolute atomic E-state index is 0.190. The largest absolute Gasteiger partial charge is 0.548 e. The minimum Gasteiger partial charge on any atom is -0.548 e. The van der Waals surface area contributed by atoms with Gasteiger partial charge in [-0.2, -0.15) is 0 Å². The Labute approximate surface area is 161 Å². The van der Waals surface area contributed by atoms with Crippen LogP contribution in [-0.2, 0) is 16.0 Å². The van der Waals surface area contributed by atoms with E-state index >= 15 is 0 Å². The molecule has 7 heteroatoms. The number of benzene rings is 1. The van der Waals surface area contributed by atoms with E-state index in [4.69, 9.17) is 8.83 Å². The van der Waals surface area contributed by atoms with Crippen molar-refractivity contribution in [2.75, 3.05) is 0 Å². The summed E-state index contributed by atoms with van der Waals surface area (Å²) in [5.74, 6) is -1.14. The standard InChI is InChI=1S/C21H23NO6/c1-6-16(20(24)25)22-17(23)8-15-10(3)14-7-13-9(2)12(5)27-18(13)11(4)19(14)28-21(15)26/h7,16H,6,8H2,1-5H3,(H,22,23)(H,24,25)/p-1/t16-/m0/s1. The SMILES string of the molecule is CC[C@H](NC(=O)Cc1c(C)c2cc3c(C)c(C)oc3c(C)c2oc1=O)C(=O)[O-]. The van der Waals surface area contributed by atoms with E-state index in [0.717, 1.165) is 27.7 Å². The lowest BCUT2D eigenvalue weighted by molar-refractivity contribution is -0.308. The fourth-order valence-corrected chi connectivity index (χ4v) is 3.43. The molecule has 1 aromatic carbocycles. The minimum atomic E-state index is -1.36. The highest BCUT2D eigenvalue weighted by molar-refractivity contribution is 6.00. The number of aryl methyl sites for hydroxylation is 4. The first-order chi connectivity index (χ1) is 13.1. The smallest absolute Gasteiger partial charge is 0.340 e. The Morgan fingerprint density at radius 2 is 1.64 bits per heavy atom. The molecule has 1 amide bonds. The molecule has 2 aromatic heterocycles. The highest BCUT2D eigenvalue weighted by Crippen LogP contribution is 2.34. The molecule has 2 heterocycles. The van der Waals surface area contributed by atoms with Crippen molar-refractivity contribution < 1.29 is 23.5 Å². The van der Waals surface area contributed by atoms with E-state index in [2.05, 4.69) is 5.32 Å². The highest BCUT2D eigenvalue weighted by atomic mass is 16.4. The van der Waals surface area contributed by atoms with Crippen LogP contribution in [0.5, 0.6) is 0 Å². The summed E-state index contributed by atoms with van der Waals surface area (Å²) < 4.78 is 11.3. The van der Waals surface area contributed by atoms with Gasteiger partial charge < -0.3 is 24.1 Å². The van der Waals surface area contributed by atoms with Crippen molar-refractivity contribution in [3.05, 3.63) is 44.5 Å². The van der Waals surface area contributed by atoms with Crippen molar-refractivity contribution in [2.45, 2.75) is 53.5 Å². The zero-order valence-electron chi connectivity index (χ0n) is 16.5. The molecule has 1 atom stereocenters. The predicted octanol–water partition coefficient (Wildman–Crippen LogP) is 1.96. The van der Waals surface area contributed by atoms with Crippen LogP contribution < -0.4 is 16.0 Å². The van der Waals surface area contributed by atoms with Crippen LogP contribution in [0.1, 0.15) is 41.4 Å². The van der Waals surface area contributed by atoms with Crippen LogP contribution in [0.25, 0.3) is 21.9 Å². The van der Waals surface area contributed by atoms with Crippen molar-refractivity contribution in [1.82, 2.24) is 5.32 Å². The summed E-state index contributed by atoms with van der Waals surface area (Å²) in [4.78, 5) is 35.8. The molecule has 0 saturated carbocycles. The third-order valence-electron chi connectivity index (χ3n) is 5.31. The van der Waals surface area contributed by atoms with Crippen molar-refractivity contribution >= 4 is 33.8 Å². The number of hydrogen-bond acceptors (Lipinski definition) is 6. The number of carboxylic acid groups (broad SMARTS) is 1. The van der Waals surface area contributed by atoms with Crippen LogP contribution in [0.2, 0.25) is 0 Å². The molecule has 28 heavy (non-hydrogen) atoms. The Balaban J connectivity index is 2.11. The normalized spacial score (nSPS) is 12.5. The summed E-state index contributed by atoms with van der Waals surface area (Å²) in [5.41, 5.74) is 3.04. The number of carbonyl (C=O) groups excluding carboxylic acids is 2. The van der Waals surface area contributed by atoms with Gasteiger partial charge in [0, 0.05) is 16.3 Å². The number of furan rings is 1. The number of nitrogens with one attached hydrogen (secondary N) is 1. The zero-order chi connectivity index (χ0) is 20.7. The molecule has 0 aliphatic heterocycles. The summed E-state index contributed by atoms with van der Waals surface area (Å²) >= 11 is 0. The van der Waals surface area contributed by atoms with Crippen molar-refractivity contribution in [1.29, 1.82) is 0 Å². The van der Waals surface area contributed by atoms with Crippen LogP contribution in [-0.4, -0.2) is 17.9 Å². The van der Waals surface area contributed by atoms with Crippen LogP contribution in [0.3, 0.4) is 0 Å². The second-order valence-electron chi connectivity index (χ2n) is 7.06. The van der Waals surface area contributed by atoms with Gasteiger partial charge in [0.1, 0.15) is 16.9 Å².